The van der Waals surface area contributed by atoms with Gasteiger partial charge in [-0.05, 0) is 26.7 Å². The van der Waals surface area contributed by atoms with Crippen LogP contribution in [-0.4, -0.2) is 15.6 Å². The van der Waals surface area contributed by atoms with E-state index in [4.69, 9.17) is 0 Å². The van der Waals surface area contributed by atoms with Crippen molar-refractivity contribution >= 4 is 5.78 Å². The first-order chi connectivity index (χ1) is 6.08. The van der Waals surface area contributed by atoms with E-state index in [0.29, 0.717) is 0 Å². The molecule has 3 nitrogen and oxygen atoms in total. The maximum absolute atomic E-state index is 11.5. The molecule has 1 aromatic heterocycles. The average Bonchev–Trinajstić information content (AvgIpc) is 2.80. The maximum atomic E-state index is 11.5. The summed E-state index contributed by atoms with van der Waals surface area (Å²) in [6.45, 7) is 3.70. The molecule has 1 aromatic rings. The smallest absolute Gasteiger partial charge is 0.140 e. The Kier molecular flexibility index (Phi) is 1.59. The molecule has 0 amide bonds. The van der Waals surface area contributed by atoms with Crippen LogP contribution in [0.25, 0.3) is 0 Å². The van der Waals surface area contributed by atoms with Gasteiger partial charge in [0.05, 0.1) is 11.6 Å². The van der Waals surface area contributed by atoms with Gasteiger partial charge in [0.15, 0.2) is 0 Å². The summed E-state index contributed by atoms with van der Waals surface area (Å²) in [5.41, 5.74) is 2.08. The lowest BCUT2D eigenvalue weighted by molar-refractivity contribution is -0.119. The van der Waals surface area contributed by atoms with Gasteiger partial charge in [-0.15, -0.1) is 0 Å². The van der Waals surface area contributed by atoms with Gasteiger partial charge in [-0.3, -0.25) is 9.48 Å². The van der Waals surface area contributed by atoms with Crippen molar-refractivity contribution in [3.05, 3.63) is 17.5 Å². The Labute approximate surface area is 77.7 Å². The molecule has 0 bridgehead atoms. The molecule has 0 atom stereocenters. The molecule has 0 N–H and O–H groups in total. The monoisotopic (exact) mass is 178 g/mol. The van der Waals surface area contributed by atoms with Crippen LogP contribution in [0.15, 0.2) is 6.20 Å². The molecule has 1 aliphatic rings. The molecule has 1 saturated carbocycles. The Morgan fingerprint density at radius 3 is 2.54 bits per heavy atom. The summed E-state index contributed by atoms with van der Waals surface area (Å²) in [5.74, 6) is 0.281. The molecule has 0 spiro atoms. The summed E-state index contributed by atoms with van der Waals surface area (Å²) < 4.78 is 1.83. The molecule has 3 heteroatoms. The molecule has 70 valence electrons. The van der Waals surface area contributed by atoms with Gasteiger partial charge < -0.3 is 0 Å². The Morgan fingerprint density at radius 2 is 2.23 bits per heavy atom. The second kappa shape index (κ2) is 2.44. The lowest BCUT2D eigenvalue weighted by Gasteiger charge is -2.09. The van der Waals surface area contributed by atoms with Crippen LogP contribution < -0.4 is 0 Å². The van der Waals surface area contributed by atoms with Crippen molar-refractivity contribution < 1.29 is 4.79 Å². The normalized spacial score (nSPS) is 18.7. The quantitative estimate of drug-likeness (QED) is 0.685. The number of carbonyl (C=O) groups is 1. The first kappa shape index (κ1) is 8.48. The molecule has 1 aliphatic carbocycles. The molecule has 0 aliphatic heterocycles. The molecule has 1 fully saturated rings. The molecule has 0 radical (unpaired) electrons. The topological polar surface area (TPSA) is 34.9 Å². The zero-order chi connectivity index (χ0) is 9.64. The van der Waals surface area contributed by atoms with Crippen LogP contribution in [0.3, 0.4) is 0 Å². The maximum Gasteiger partial charge on any atom is 0.140 e. The minimum atomic E-state index is -0.168. The summed E-state index contributed by atoms with van der Waals surface area (Å²) in [6.07, 6.45) is 3.83. The number of nitrogens with zero attached hydrogens (tertiary/aromatic N) is 2. The first-order valence-corrected chi connectivity index (χ1v) is 4.58. The molecule has 2 rings (SSSR count). The number of Topliss-reactive ketones (excluding diaryl/α,β-unsaturated/α-hetero) is 1. The van der Waals surface area contributed by atoms with Crippen molar-refractivity contribution in [2.24, 2.45) is 7.05 Å². The molecule has 0 unspecified atom stereocenters. The predicted octanol–water partition coefficient (Wildman–Crippen LogP) is 1.35. The van der Waals surface area contributed by atoms with Gasteiger partial charge in [0, 0.05) is 18.3 Å². The number of hydrogen-bond acceptors (Lipinski definition) is 2. The van der Waals surface area contributed by atoms with Crippen LogP contribution in [0.4, 0.5) is 0 Å². The van der Waals surface area contributed by atoms with Crippen LogP contribution in [0.2, 0.25) is 0 Å². The number of aryl methyl sites for hydroxylation is 1. The zero-order valence-corrected chi connectivity index (χ0v) is 8.29. The van der Waals surface area contributed by atoms with Crippen molar-refractivity contribution in [3.63, 3.8) is 0 Å². The van der Waals surface area contributed by atoms with Crippen molar-refractivity contribution in [3.8, 4) is 0 Å². The summed E-state index contributed by atoms with van der Waals surface area (Å²) in [5, 5.41) is 4.17. The summed E-state index contributed by atoms with van der Waals surface area (Å²) in [7, 11) is 1.91. The van der Waals surface area contributed by atoms with Crippen LogP contribution in [-0.2, 0) is 17.3 Å². The van der Waals surface area contributed by atoms with E-state index >= 15 is 0 Å². The van der Waals surface area contributed by atoms with Gasteiger partial charge in [0.25, 0.3) is 0 Å². The van der Waals surface area contributed by atoms with E-state index in [1.54, 1.807) is 6.92 Å². The van der Waals surface area contributed by atoms with E-state index in [9.17, 15) is 4.79 Å². The van der Waals surface area contributed by atoms with Crippen LogP contribution in [0.1, 0.15) is 31.0 Å². The van der Waals surface area contributed by atoms with Gasteiger partial charge in [-0.2, -0.15) is 5.10 Å². The number of ketones is 1. The highest BCUT2D eigenvalue weighted by molar-refractivity contribution is 5.91. The van der Waals surface area contributed by atoms with E-state index in [-0.39, 0.29) is 11.2 Å². The van der Waals surface area contributed by atoms with Crippen molar-refractivity contribution in [2.45, 2.75) is 32.1 Å². The minimum absolute atomic E-state index is 0.168. The predicted molar refractivity (Wildman–Crippen MR) is 49.5 cm³/mol. The van der Waals surface area contributed by atoms with Crippen LogP contribution >= 0.6 is 0 Å². The van der Waals surface area contributed by atoms with E-state index in [1.165, 1.54) is 0 Å². The fourth-order valence-electron chi connectivity index (χ4n) is 1.90. The fourth-order valence-corrected chi connectivity index (χ4v) is 1.90. The molecular formula is C10H14N2O. The van der Waals surface area contributed by atoms with Crippen molar-refractivity contribution in [1.29, 1.82) is 0 Å². The molecular weight excluding hydrogens is 164 g/mol. The lowest BCUT2D eigenvalue weighted by atomic mass is 9.93. The standard InChI is InChI=1S/C10H14N2O/c1-7-9(6-11-12(7)3)10(4-5-10)8(2)13/h6H,4-5H2,1-3H3. The second-order valence-corrected chi connectivity index (χ2v) is 3.91. The highest BCUT2D eigenvalue weighted by Gasteiger charge is 2.50. The third kappa shape index (κ3) is 1.03. The summed E-state index contributed by atoms with van der Waals surface area (Å²) >= 11 is 0. The molecule has 0 saturated heterocycles. The van der Waals surface area contributed by atoms with Gasteiger partial charge in [0.2, 0.25) is 0 Å². The number of carbonyl (C=O) groups excluding carboxylic acids is 1. The fraction of sp³-hybridized carbons (Fsp3) is 0.600. The number of aromatic nitrogens is 2. The van der Waals surface area contributed by atoms with Crippen molar-refractivity contribution in [2.75, 3.05) is 0 Å². The number of hydrogen-bond donors (Lipinski definition) is 0. The van der Waals surface area contributed by atoms with Crippen LogP contribution in [0, 0.1) is 6.92 Å². The summed E-state index contributed by atoms with van der Waals surface area (Å²) in [4.78, 5) is 11.5. The average molecular weight is 178 g/mol. The lowest BCUT2D eigenvalue weighted by Crippen LogP contribution is -2.17. The minimum Gasteiger partial charge on any atom is -0.299 e. The largest absolute Gasteiger partial charge is 0.299 e. The van der Waals surface area contributed by atoms with E-state index in [2.05, 4.69) is 5.10 Å². The van der Waals surface area contributed by atoms with E-state index < -0.39 is 0 Å². The Hall–Kier alpha value is -1.12. The Morgan fingerprint density at radius 1 is 1.62 bits per heavy atom. The number of rotatable bonds is 2. The SMILES string of the molecule is CC(=O)C1(c2cnn(C)c2C)CC1. The first-order valence-electron chi connectivity index (χ1n) is 4.58. The van der Waals surface area contributed by atoms with Crippen LogP contribution in [0.5, 0.6) is 0 Å². The Balaban J connectivity index is 2.46. The van der Waals surface area contributed by atoms with Gasteiger partial charge >= 0.3 is 0 Å². The Bertz CT molecular complexity index is 361. The van der Waals surface area contributed by atoms with Crippen molar-refractivity contribution in [1.82, 2.24) is 9.78 Å². The van der Waals surface area contributed by atoms with Gasteiger partial charge in [-0.1, -0.05) is 0 Å². The molecule has 1 heterocycles. The summed E-state index contributed by atoms with van der Waals surface area (Å²) in [6, 6.07) is 0. The van der Waals surface area contributed by atoms with E-state index in [1.807, 2.05) is 24.9 Å². The zero-order valence-electron chi connectivity index (χ0n) is 8.29. The highest BCUT2D eigenvalue weighted by atomic mass is 16.1. The van der Waals surface area contributed by atoms with E-state index in [0.717, 1.165) is 24.1 Å². The molecule has 0 aromatic carbocycles. The third-order valence-electron chi connectivity index (χ3n) is 3.17. The van der Waals surface area contributed by atoms with Gasteiger partial charge in [0.1, 0.15) is 5.78 Å². The van der Waals surface area contributed by atoms with Gasteiger partial charge in [-0.25, -0.2) is 0 Å². The second-order valence-electron chi connectivity index (χ2n) is 3.91. The molecule has 13 heavy (non-hydrogen) atoms. The highest BCUT2D eigenvalue weighted by Crippen LogP contribution is 2.49. The third-order valence-corrected chi connectivity index (χ3v) is 3.17.